The van der Waals surface area contributed by atoms with Gasteiger partial charge in [0.25, 0.3) is 6.43 Å². The zero-order valence-electron chi connectivity index (χ0n) is 20.4. The Hall–Kier alpha value is -2.98. The van der Waals surface area contributed by atoms with Crippen LogP contribution in [0.1, 0.15) is 56.0 Å². The summed E-state index contributed by atoms with van der Waals surface area (Å²) < 4.78 is 52.6. The van der Waals surface area contributed by atoms with Crippen molar-refractivity contribution in [1.29, 1.82) is 5.26 Å². The minimum atomic E-state index is -3.13. The van der Waals surface area contributed by atoms with Crippen molar-refractivity contribution >= 4 is 10.9 Å². The molecule has 0 radical (unpaired) electrons. The molecular weight excluding hydrogens is 441 g/mol. The number of hydrogen-bond donors (Lipinski definition) is 1. The fourth-order valence-electron chi connectivity index (χ4n) is 4.72. The minimum absolute atomic E-state index is 0.00141. The van der Waals surface area contributed by atoms with Gasteiger partial charge in [0.15, 0.2) is 0 Å². The van der Waals surface area contributed by atoms with Crippen LogP contribution < -0.4 is 4.74 Å². The zero-order valence-corrected chi connectivity index (χ0v) is 20.4. The summed E-state index contributed by atoms with van der Waals surface area (Å²) in [5, 5.41) is 21.8. The molecule has 0 fully saturated rings. The fourth-order valence-corrected chi connectivity index (χ4v) is 4.72. The van der Waals surface area contributed by atoms with Crippen molar-refractivity contribution in [2.75, 3.05) is 7.11 Å². The third kappa shape index (κ3) is 4.16. The number of halogens is 3. The molecule has 0 saturated carbocycles. The smallest absolute Gasteiger partial charge is 0.250 e. The molecule has 34 heavy (non-hydrogen) atoms. The van der Waals surface area contributed by atoms with E-state index in [2.05, 4.69) is 6.07 Å². The predicted octanol–water partition coefficient (Wildman–Crippen LogP) is 6.04. The number of benzene rings is 2. The van der Waals surface area contributed by atoms with Crippen LogP contribution in [0, 0.1) is 11.3 Å². The molecule has 1 N–H and O–H groups in total. The highest BCUT2D eigenvalue weighted by Gasteiger charge is 2.54. The summed E-state index contributed by atoms with van der Waals surface area (Å²) in [6.07, 6.45) is -5.83. The first-order valence-corrected chi connectivity index (χ1v) is 11.2. The van der Waals surface area contributed by atoms with Crippen molar-refractivity contribution in [2.24, 2.45) is 7.05 Å². The van der Waals surface area contributed by atoms with Gasteiger partial charge in [-0.05, 0) is 37.5 Å². The van der Waals surface area contributed by atoms with Crippen LogP contribution in [-0.4, -0.2) is 35.0 Å². The molecule has 1 heterocycles. The van der Waals surface area contributed by atoms with Crippen LogP contribution in [0.5, 0.6) is 5.75 Å². The number of methoxy groups -OCH3 is 1. The molecule has 3 rings (SSSR count). The van der Waals surface area contributed by atoms with Gasteiger partial charge in [-0.15, -0.1) is 0 Å². The van der Waals surface area contributed by atoms with Crippen molar-refractivity contribution < 1.29 is 23.0 Å². The van der Waals surface area contributed by atoms with Crippen LogP contribution in [0.25, 0.3) is 10.9 Å². The Morgan fingerprint density at radius 1 is 1.12 bits per heavy atom. The number of para-hydroxylation sites is 1. The lowest BCUT2D eigenvalue weighted by atomic mass is 9.70. The first-order chi connectivity index (χ1) is 15.9. The summed E-state index contributed by atoms with van der Waals surface area (Å²) in [5.74, 6) is 0.159. The Morgan fingerprint density at radius 3 is 2.32 bits per heavy atom. The number of aliphatic hydroxyl groups is 1. The van der Waals surface area contributed by atoms with Crippen molar-refractivity contribution in [3.05, 3.63) is 64.8 Å². The van der Waals surface area contributed by atoms with Gasteiger partial charge in [0.2, 0.25) is 0 Å². The molecule has 0 aliphatic heterocycles. The van der Waals surface area contributed by atoms with Gasteiger partial charge in [-0.1, -0.05) is 44.2 Å². The second kappa shape index (κ2) is 9.34. The van der Waals surface area contributed by atoms with E-state index in [-0.39, 0.29) is 23.7 Å². The minimum Gasteiger partial charge on any atom is -0.496 e. The maximum atomic E-state index is 16.2. The molecule has 3 unspecified atom stereocenters. The third-order valence-corrected chi connectivity index (χ3v) is 6.86. The van der Waals surface area contributed by atoms with Crippen LogP contribution in [0.4, 0.5) is 13.2 Å². The van der Waals surface area contributed by atoms with E-state index >= 15 is 4.39 Å². The highest BCUT2D eigenvalue weighted by molar-refractivity contribution is 5.88. The molecule has 2 aromatic carbocycles. The molecular formula is C27H31F3N2O2. The Morgan fingerprint density at radius 2 is 1.76 bits per heavy atom. The first-order valence-electron chi connectivity index (χ1n) is 11.2. The average molecular weight is 473 g/mol. The van der Waals surface area contributed by atoms with E-state index in [9.17, 15) is 19.1 Å². The van der Waals surface area contributed by atoms with Gasteiger partial charge >= 0.3 is 0 Å². The zero-order chi connectivity index (χ0) is 25.4. The molecule has 3 atom stereocenters. The number of nitriles is 1. The topological polar surface area (TPSA) is 58.2 Å². The Bertz CT molecular complexity index is 1230. The Kier molecular flexibility index (Phi) is 7.05. The van der Waals surface area contributed by atoms with Gasteiger partial charge < -0.3 is 14.4 Å². The lowest BCUT2D eigenvalue weighted by Gasteiger charge is -2.41. The molecule has 0 saturated heterocycles. The van der Waals surface area contributed by atoms with E-state index in [0.29, 0.717) is 16.6 Å². The van der Waals surface area contributed by atoms with Crippen LogP contribution in [-0.2, 0) is 18.9 Å². The maximum Gasteiger partial charge on any atom is 0.250 e. The molecule has 0 aliphatic rings. The van der Waals surface area contributed by atoms with Crippen molar-refractivity contribution in [3.63, 3.8) is 0 Å². The number of hydrogen-bond acceptors (Lipinski definition) is 3. The van der Waals surface area contributed by atoms with Gasteiger partial charge in [0.1, 0.15) is 18.0 Å². The van der Waals surface area contributed by atoms with E-state index in [1.165, 1.54) is 20.1 Å². The summed E-state index contributed by atoms with van der Waals surface area (Å²) in [4.78, 5) is 0. The van der Waals surface area contributed by atoms with E-state index in [1.807, 2.05) is 26.0 Å². The number of aromatic nitrogens is 1. The number of rotatable bonds is 8. The van der Waals surface area contributed by atoms with Crippen molar-refractivity contribution in [3.8, 4) is 11.8 Å². The van der Waals surface area contributed by atoms with E-state index < -0.39 is 23.6 Å². The van der Waals surface area contributed by atoms with Gasteiger partial charge in [-0.25, -0.2) is 13.2 Å². The highest BCUT2D eigenvalue weighted by Crippen LogP contribution is 2.46. The number of aryl methyl sites for hydroxylation is 1. The van der Waals surface area contributed by atoms with E-state index in [4.69, 9.17) is 4.74 Å². The standard InChI is InChI=1S/C27H31F3N2O2/c1-16(2)17-11-12-23(34-6)20(13-17)27(4,25(29)30)24(28)26(3,33)14-22-19(15-31)18-9-7-8-10-21(18)32(22)5/h7-13,16,24-25,33H,14H2,1-6H3. The third-order valence-electron chi connectivity index (χ3n) is 6.86. The molecule has 0 aliphatic carbocycles. The van der Waals surface area contributed by atoms with Crippen molar-refractivity contribution in [1.82, 2.24) is 4.57 Å². The number of alkyl halides is 3. The van der Waals surface area contributed by atoms with Crippen LogP contribution in [0.2, 0.25) is 0 Å². The Labute approximate surface area is 198 Å². The van der Waals surface area contributed by atoms with Gasteiger partial charge in [0, 0.05) is 35.6 Å². The molecule has 0 amide bonds. The number of nitrogens with zero attached hydrogens (tertiary/aromatic N) is 2. The molecule has 7 heteroatoms. The summed E-state index contributed by atoms with van der Waals surface area (Å²) in [7, 11) is 3.06. The van der Waals surface area contributed by atoms with Gasteiger partial charge in [-0.2, -0.15) is 5.26 Å². The Balaban J connectivity index is 2.14. The summed E-state index contributed by atoms with van der Waals surface area (Å²) in [5.41, 5.74) is -2.39. The number of ether oxygens (including phenoxy) is 1. The maximum absolute atomic E-state index is 16.2. The second-order valence-electron chi connectivity index (χ2n) is 9.60. The van der Waals surface area contributed by atoms with Crippen LogP contribution >= 0.6 is 0 Å². The van der Waals surface area contributed by atoms with Crippen LogP contribution in [0.15, 0.2) is 42.5 Å². The molecule has 1 aromatic heterocycles. The lowest BCUT2D eigenvalue weighted by Crippen LogP contribution is -2.54. The normalized spacial score (nSPS) is 16.3. The summed E-state index contributed by atoms with van der Waals surface area (Å²) in [6.45, 7) is 6.15. The first kappa shape index (κ1) is 25.6. The predicted molar refractivity (Wildman–Crippen MR) is 127 cm³/mol. The summed E-state index contributed by atoms with van der Waals surface area (Å²) in [6, 6.07) is 14.2. The van der Waals surface area contributed by atoms with E-state index in [0.717, 1.165) is 18.0 Å². The second-order valence-corrected chi connectivity index (χ2v) is 9.60. The monoisotopic (exact) mass is 472 g/mol. The van der Waals surface area contributed by atoms with Gasteiger partial charge in [0.05, 0.1) is 23.7 Å². The average Bonchev–Trinajstić information content (AvgIpc) is 3.07. The fraction of sp³-hybridized carbons (Fsp3) is 0.444. The molecule has 3 aromatic rings. The largest absolute Gasteiger partial charge is 0.496 e. The number of fused-ring (bicyclic) bond motifs is 1. The molecule has 0 spiro atoms. The van der Waals surface area contributed by atoms with E-state index in [1.54, 1.807) is 35.9 Å². The molecule has 4 nitrogen and oxygen atoms in total. The lowest BCUT2D eigenvalue weighted by molar-refractivity contribution is -0.0950. The quantitative estimate of drug-likeness (QED) is 0.435. The van der Waals surface area contributed by atoms with Crippen LogP contribution in [0.3, 0.4) is 0 Å². The summed E-state index contributed by atoms with van der Waals surface area (Å²) >= 11 is 0. The van der Waals surface area contributed by atoms with Gasteiger partial charge in [-0.3, -0.25) is 0 Å². The molecule has 182 valence electrons. The highest BCUT2D eigenvalue weighted by atomic mass is 19.3. The molecule has 0 bridgehead atoms. The SMILES string of the molecule is COc1ccc(C(C)C)cc1C(C)(C(F)F)C(F)C(C)(O)Cc1c(C#N)c2ccccc2n1C. The van der Waals surface area contributed by atoms with Crippen molar-refractivity contribution in [2.45, 2.75) is 63.6 Å².